The van der Waals surface area contributed by atoms with Crippen molar-refractivity contribution in [2.24, 2.45) is 5.92 Å². The molecule has 4 rings (SSSR count). The maximum absolute atomic E-state index is 5.58. The Hall–Kier alpha value is -1.74. The summed E-state index contributed by atoms with van der Waals surface area (Å²) in [5.74, 6) is 1.94. The maximum atomic E-state index is 5.58. The number of rotatable bonds is 2. The number of halogens is 1. The summed E-state index contributed by atoms with van der Waals surface area (Å²) >= 11 is 3.71. The number of nitrogens with one attached hydrogen (secondary N) is 1. The summed E-state index contributed by atoms with van der Waals surface area (Å²) in [6.07, 6.45) is 5.78. The summed E-state index contributed by atoms with van der Waals surface area (Å²) in [4.78, 5) is 0. The lowest BCUT2D eigenvalue weighted by Gasteiger charge is -2.38. The molecule has 1 aliphatic carbocycles. The summed E-state index contributed by atoms with van der Waals surface area (Å²) in [6, 6.07) is 15.1. The van der Waals surface area contributed by atoms with Crippen molar-refractivity contribution < 1.29 is 4.74 Å². The highest BCUT2D eigenvalue weighted by Crippen LogP contribution is 2.52. The molecule has 2 aromatic rings. The number of para-hydroxylation sites is 1. The Morgan fingerprint density at radius 3 is 2.73 bits per heavy atom. The Bertz CT molecular complexity index is 740. The topological polar surface area (TPSA) is 21.3 Å². The smallest absolute Gasteiger partial charge is 0.142 e. The minimum Gasteiger partial charge on any atom is -0.495 e. The van der Waals surface area contributed by atoms with E-state index in [1.54, 1.807) is 7.11 Å². The zero-order chi connectivity index (χ0) is 15.1. The van der Waals surface area contributed by atoms with E-state index in [1.165, 1.54) is 11.1 Å². The standard InChI is InChI=1S/C19H18BrNO/c1-22-17-11-5-9-14-12-7-4-8-13(12)18(21-19(14)17)15-6-2-3-10-16(15)20/h2-7,9-13,18,21H,8H2,1H3/t12-,13+,18-/m1/s1. The molecule has 1 heterocycles. The van der Waals surface area contributed by atoms with Gasteiger partial charge < -0.3 is 10.1 Å². The molecule has 0 amide bonds. The lowest BCUT2D eigenvalue weighted by molar-refractivity contribution is 0.397. The normalized spacial score (nSPS) is 25.3. The van der Waals surface area contributed by atoms with E-state index < -0.39 is 0 Å². The Kier molecular flexibility index (Phi) is 3.45. The molecule has 22 heavy (non-hydrogen) atoms. The van der Waals surface area contributed by atoms with Gasteiger partial charge in [-0.05, 0) is 35.6 Å². The molecule has 1 N–H and O–H groups in total. The number of anilines is 1. The fourth-order valence-electron chi connectivity index (χ4n) is 3.80. The lowest BCUT2D eigenvalue weighted by Crippen LogP contribution is -2.29. The van der Waals surface area contributed by atoms with Gasteiger partial charge in [-0.2, -0.15) is 0 Å². The van der Waals surface area contributed by atoms with Crippen LogP contribution in [0.15, 0.2) is 59.1 Å². The van der Waals surface area contributed by atoms with Crippen molar-refractivity contribution in [2.75, 3.05) is 12.4 Å². The molecule has 0 spiro atoms. The first-order valence-electron chi connectivity index (χ1n) is 7.64. The first-order chi connectivity index (χ1) is 10.8. The molecule has 1 aliphatic heterocycles. The summed E-state index contributed by atoms with van der Waals surface area (Å²) in [6.45, 7) is 0. The van der Waals surface area contributed by atoms with Gasteiger partial charge in [-0.3, -0.25) is 0 Å². The second-order valence-corrected chi connectivity index (χ2v) is 6.78. The number of benzene rings is 2. The number of allylic oxidation sites excluding steroid dienone is 2. The van der Waals surface area contributed by atoms with Gasteiger partial charge in [0.2, 0.25) is 0 Å². The number of ether oxygens (including phenoxy) is 1. The van der Waals surface area contributed by atoms with Crippen LogP contribution in [0.3, 0.4) is 0 Å². The van der Waals surface area contributed by atoms with Gasteiger partial charge in [-0.15, -0.1) is 0 Å². The van der Waals surface area contributed by atoms with Crippen LogP contribution in [0.1, 0.15) is 29.5 Å². The van der Waals surface area contributed by atoms with Crippen molar-refractivity contribution in [1.82, 2.24) is 0 Å². The third-order valence-electron chi connectivity index (χ3n) is 4.82. The molecule has 0 fully saturated rings. The fourth-order valence-corrected chi connectivity index (χ4v) is 4.33. The fraction of sp³-hybridized carbons (Fsp3) is 0.263. The van der Waals surface area contributed by atoms with Crippen molar-refractivity contribution in [2.45, 2.75) is 18.4 Å². The zero-order valence-electron chi connectivity index (χ0n) is 12.4. The van der Waals surface area contributed by atoms with Gasteiger partial charge in [0.25, 0.3) is 0 Å². The molecule has 0 radical (unpaired) electrons. The van der Waals surface area contributed by atoms with Crippen molar-refractivity contribution in [3.63, 3.8) is 0 Å². The van der Waals surface area contributed by atoms with Crippen LogP contribution in [0.25, 0.3) is 0 Å². The molecule has 0 saturated carbocycles. The summed E-state index contributed by atoms with van der Waals surface area (Å²) < 4.78 is 6.74. The molecule has 0 saturated heterocycles. The molecule has 3 atom stereocenters. The SMILES string of the molecule is COc1cccc2c1N[C@@H](c1ccccc1Br)[C@H]1CC=C[C@@H]21. The molecular weight excluding hydrogens is 338 g/mol. The number of hydrogen-bond acceptors (Lipinski definition) is 2. The predicted octanol–water partition coefficient (Wildman–Crippen LogP) is 5.28. The third kappa shape index (κ3) is 2.07. The van der Waals surface area contributed by atoms with Gasteiger partial charge in [-0.25, -0.2) is 0 Å². The van der Waals surface area contributed by atoms with Crippen molar-refractivity contribution >= 4 is 21.6 Å². The van der Waals surface area contributed by atoms with Crippen LogP contribution in [0.4, 0.5) is 5.69 Å². The molecule has 2 aliphatic rings. The van der Waals surface area contributed by atoms with Crippen LogP contribution in [0, 0.1) is 5.92 Å². The maximum Gasteiger partial charge on any atom is 0.142 e. The van der Waals surface area contributed by atoms with Gasteiger partial charge in [0.1, 0.15) is 5.75 Å². The Labute approximate surface area is 139 Å². The van der Waals surface area contributed by atoms with E-state index in [0.29, 0.717) is 17.9 Å². The number of hydrogen-bond donors (Lipinski definition) is 1. The van der Waals surface area contributed by atoms with Gasteiger partial charge >= 0.3 is 0 Å². The largest absolute Gasteiger partial charge is 0.495 e. The van der Waals surface area contributed by atoms with Crippen LogP contribution in [-0.2, 0) is 0 Å². The lowest BCUT2D eigenvalue weighted by atomic mass is 9.77. The minimum absolute atomic E-state index is 0.291. The van der Waals surface area contributed by atoms with Crippen LogP contribution < -0.4 is 10.1 Å². The van der Waals surface area contributed by atoms with Gasteiger partial charge in [0.05, 0.1) is 18.8 Å². The Morgan fingerprint density at radius 2 is 1.91 bits per heavy atom. The minimum atomic E-state index is 0.291. The van der Waals surface area contributed by atoms with Crippen LogP contribution in [-0.4, -0.2) is 7.11 Å². The Morgan fingerprint density at radius 1 is 1.09 bits per heavy atom. The second kappa shape index (κ2) is 5.47. The summed E-state index contributed by atoms with van der Waals surface area (Å²) in [5.41, 5.74) is 3.80. The molecule has 112 valence electrons. The van der Waals surface area contributed by atoms with Crippen molar-refractivity contribution in [3.8, 4) is 5.75 Å². The van der Waals surface area contributed by atoms with Crippen LogP contribution in [0.5, 0.6) is 5.75 Å². The first-order valence-corrected chi connectivity index (χ1v) is 8.43. The molecule has 0 unspecified atom stereocenters. The van der Waals surface area contributed by atoms with E-state index in [0.717, 1.165) is 22.3 Å². The molecule has 0 aromatic heterocycles. The summed E-state index contributed by atoms with van der Waals surface area (Å²) in [5, 5.41) is 3.75. The molecule has 0 bridgehead atoms. The van der Waals surface area contributed by atoms with E-state index in [-0.39, 0.29) is 0 Å². The van der Waals surface area contributed by atoms with Crippen molar-refractivity contribution in [1.29, 1.82) is 0 Å². The van der Waals surface area contributed by atoms with Crippen LogP contribution in [0.2, 0.25) is 0 Å². The Balaban J connectivity index is 1.85. The van der Waals surface area contributed by atoms with E-state index in [9.17, 15) is 0 Å². The first kappa shape index (κ1) is 13.9. The van der Waals surface area contributed by atoms with Crippen molar-refractivity contribution in [3.05, 3.63) is 70.2 Å². The van der Waals surface area contributed by atoms with E-state index in [4.69, 9.17) is 4.74 Å². The highest BCUT2D eigenvalue weighted by atomic mass is 79.9. The monoisotopic (exact) mass is 355 g/mol. The quantitative estimate of drug-likeness (QED) is 0.739. The summed E-state index contributed by atoms with van der Waals surface area (Å²) in [7, 11) is 1.74. The van der Waals surface area contributed by atoms with Crippen LogP contribution >= 0.6 is 15.9 Å². The zero-order valence-corrected chi connectivity index (χ0v) is 14.0. The highest BCUT2D eigenvalue weighted by molar-refractivity contribution is 9.10. The predicted molar refractivity (Wildman–Crippen MR) is 93.5 cm³/mol. The van der Waals surface area contributed by atoms with Gasteiger partial charge in [-0.1, -0.05) is 58.4 Å². The van der Waals surface area contributed by atoms with E-state index in [1.807, 2.05) is 6.07 Å². The molecule has 2 aromatic carbocycles. The molecular formula is C19H18BrNO. The molecule has 2 nitrogen and oxygen atoms in total. The van der Waals surface area contributed by atoms with Gasteiger partial charge in [0.15, 0.2) is 0 Å². The molecule has 3 heteroatoms. The number of methoxy groups -OCH3 is 1. The van der Waals surface area contributed by atoms with E-state index >= 15 is 0 Å². The third-order valence-corrected chi connectivity index (χ3v) is 5.54. The van der Waals surface area contributed by atoms with Gasteiger partial charge in [0, 0.05) is 10.4 Å². The number of fused-ring (bicyclic) bond motifs is 3. The average Bonchev–Trinajstić information content (AvgIpc) is 3.04. The average molecular weight is 356 g/mol. The highest BCUT2D eigenvalue weighted by Gasteiger charge is 2.39. The second-order valence-electron chi connectivity index (χ2n) is 5.92. The van der Waals surface area contributed by atoms with E-state index in [2.05, 4.69) is 69.8 Å².